The van der Waals surface area contributed by atoms with Gasteiger partial charge in [-0.25, -0.2) is 0 Å². The summed E-state index contributed by atoms with van der Waals surface area (Å²) in [6.07, 6.45) is 76.2. The van der Waals surface area contributed by atoms with Crippen LogP contribution in [-0.4, -0.2) is 37.2 Å². The van der Waals surface area contributed by atoms with Gasteiger partial charge in [-0.05, 0) is 109 Å². The number of carbonyl (C=O) groups is 3. The summed E-state index contributed by atoms with van der Waals surface area (Å²) < 4.78 is 16.7. The summed E-state index contributed by atoms with van der Waals surface area (Å²) in [5.41, 5.74) is 0. The zero-order valence-electron chi connectivity index (χ0n) is 43.8. The van der Waals surface area contributed by atoms with Crippen molar-refractivity contribution in [3.63, 3.8) is 0 Å². The van der Waals surface area contributed by atoms with Crippen LogP contribution in [0.1, 0.15) is 233 Å². The Morgan fingerprint density at radius 1 is 0.324 bits per heavy atom. The van der Waals surface area contributed by atoms with Gasteiger partial charge in [-0.1, -0.05) is 226 Å². The fourth-order valence-corrected chi connectivity index (χ4v) is 7.11. The second kappa shape index (κ2) is 55.4. The molecule has 0 aliphatic heterocycles. The zero-order chi connectivity index (χ0) is 49.3. The first kappa shape index (κ1) is 63.8. The molecule has 6 nitrogen and oxygen atoms in total. The van der Waals surface area contributed by atoms with Crippen molar-refractivity contribution in [3.8, 4) is 0 Å². The highest BCUT2D eigenvalue weighted by Gasteiger charge is 2.19. The van der Waals surface area contributed by atoms with Crippen molar-refractivity contribution in [2.75, 3.05) is 13.2 Å². The Labute approximate surface area is 418 Å². The first-order chi connectivity index (χ1) is 33.5. The fraction of sp³-hybridized carbons (Fsp3) is 0.629. The third kappa shape index (κ3) is 52.8. The molecule has 384 valence electrons. The van der Waals surface area contributed by atoms with Gasteiger partial charge in [0.05, 0.1) is 0 Å². The number of ether oxygens (including phenoxy) is 3. The van der Waals surface area contributed by atoms with Crippen LogP contribution in [0.3, 0.4) is 0 Å². The number of carbonyl (C=O) groups excluding carboxylic acids is 3. The van der Waals surface area contributed by atoms with Gasteiger partial charge in [0.15, 0.2) is 6.10 Å². The molecule has 1 atom stereocenters. The van der Waals surface area contributed by atoms with E-state index in [0.717, 1.165) is 116 Å². The molecule has 0 aliphatic carbocycles. The van der Waals surface area contributed by atoms with Crippen molar-refractivity contribution in [1.29, 1.82) is 0 Å². The van der Waals surface area contributed by atoms with E-state index in [4.69, 9.17) is 14.2 Å². The van der Waals surface area contributed by atoms with Crippen molar-refractivity contribution in [3.05, 3.63) is 122 Å². The number of rotatable bonds is 48. The van der Waals surface area contributed by atoms with Crippen molar-refractivity contribution in [1.82, 2.24) is 0 Å². The van der Waals surface area contributed by atoms with Gasteiger partial charge in [-0.3, -0.25) is 14.4 Å². The molecule has 0 amide bonds. The van der Waals surface area contributed by atoms with Crippen LogP contribution in [0.2, 0.25) is 0 Å². The second-order valence-electron chi connectivity index (χ2n) is 17.8. The molecule has 0 radical (unpaired) electrons. The molecule has 0 aromatic carbocycles. The predicted molar refractivity (Wildman–Crippen MR) is 293 cm³/mol. The Morgan fingerprint density at radius 3 is 1.12 bits per heavy atom. The lowest BCUT2D eigenvalue weighted by Gasteiger charge is -2.18. The minimum atomic E-state index is -0.829. The highest BCUT2D eigenvalue weighted by Crippen LogP contribution is 2.12. The number of hydrogen-bond acceptors (Lipinski definition) is 6. The summed E-state index contributed by atoms with van der Waals surface area (Å²) in [6.45, 7) is 6.39. The lowest BCUT2D eigenvalue weighted by Crippen LogP contribution is -2.30. The van der Waals surface area contributed by atoms with Gasteiger partial charge in [-0.15, -0.1) is 0 Å². The van der Waals surface area contributed by atoms with Gasteiger partial charge < -0.3 is 14.2 Å². The van der Waals surface area contributed by atoms with Crippen LogP contribution in [-0.2, 0) is 28.6 Å². The molecule has 0 rings (SSSR count). The van der Waals surface area contributed by atoms with Crippen LogP contribution in [0.4, 0.5) is 0 Å². The van der Waals surface area contributed by atoms with Crippen molar-refractivity contribution in [2.45, 2.75) is 239 Å². The van der Waals surface area contributed by atoms with E-state index in [0.29, 0.717) is 12.8 Å². The van der Waals surface area contributed by atoms with Crippen LogP contribution >= 0.6 is 0 Å². The molecular weight excluding hydrogens is 841 g/mol. The molecule has 0 N–H and O–H groups in total. The Morgan fingerprint density at radius 2 is 0.662 bits per heavy atom. The molecule has 6 heteroatoms. The Hall–Kier alpha value is -4.19. The maximum absolute atomic E-state index is 12.8. The monoisotopic (exact) mass is 941 g/mol. The fourth-order valence-electron chi connectivity index (χ4n) is 7.11. The van der Waals surface area contributed by atoms with Crippen molar-refractivity contribution in [2.24, 2.45) is 0 Å². The number of allylic oxidation sites excluding steroid dienone is 20. The summed E-state index contributed by atoms with van der Waals surface area (Å²) >= 11 is 0. The van der Waals surface area contributed by atoms with Crippen LogP contribution in [0.15, 0.2) is 122 Å². The lowest BCUT2D eigenvalue weighted by molar-refractivity contribution is -0.166. The van der Waals surface area contributed by atoms with Crippen molar-refractivity contribution < 1.29 is 28.6 Å². The van der Waals surface area contributed by atoms with Crippen LogP contribution in [0, 0.1) is 0 Å². The Kier molecular flexibility index (Phi) is 52.0. The third-order valence-electron chi connectivity index (χ3n) is 11.2. The van der Waals surface area contributed by atoms with Gasteiger partial charge in [0, 0.05) is 19.3 Å². The molecule has 0 bridgehead atoms. The predicted octanol–water partition coefficient (Wildman–Crippen LogP) is 18.5. The van der Waals surface area contributed by atoms with Gasteiger partial charge in [0.1, 0.15) is 13.2 Å². The minimum Gasteiger partial charge on any atom is -0.462 e. The van der Waals surface area contributed by atoms with E-state index in [2.05, 4.69) is 136 Å². The van der Waals surface area contributed by atoms with Crippen LogP contribution < -0.4 is 0 Å². The van der Waals surface area contributed by atoms with E-state index in [1.54, 1.807) is 0 Å². The maximum Gasteiger partial charge on any atom is 0.306 e. The largest absolute Gasteiger partial charge is 0.462 e. The molecule has 0 fully saturated rings. The van der Waals surface area contributed by atoms with E-state index < -0.39 is 6.10 Å². The van der Waals surface area contributed by atoms with Gasteiger partial charge >= 0.3 is 17.9 Å². The molecule has 0 saturated heterocycles. The normalized spacial score (nSPS) is 13.0. The van der Waals surface area contributed by atoms with Crippen LogP contribution in [0.25, 0.3) is 0 Å². The molecule has 0 aliphatic rings. The molecular formula is C62H100O6. The molecule has 68 heavy (non-hydrogen) atoms. The molecule has 0 aromatic rings. The summed E-state index contributed by atoms with van der Waals surface area (Å²) in [5, 5.41) is 0. The standard InChI is InChI=1S/C62H100O6/c1-4-7-10-13-16-19-22-25-27-29-31-33-34-37-40-43-46-49-52-55-61(64)67-58-59(57-66-60(63)54-51-48-45-42-39-36-24-21-18-15-12-9-6-3)68-62(65)56-53-50-47-44-41-38-35-32-30-28-26-23-20-17-14-11-8-5-2/h7,10,16,19,23,25-28,30-33,35-37,39-40,45,48,59H,4-6,8-9,11-15,17-18,20-22,24,29,34,38,41-44,46-47,49-58H2,1-3H3/b10-7-,19-16-,26-23-,27-25-,30-28-,33-31-,35-32-,39-36-,40-37-,48-45-. The summed E-state index contributed by atoms with van der Waals surface area (Å²) in [5.74, 6) is -1.05. The van der Waals surface area contributed by atoms with E-state index >= 15 is 0 Å². The van der Waals surface area contributed by atoms with E-state index in [1.807, 2.05) is 6.08 Å². The van der Waals surface area contributed by atoms with E-state index in [1.165, 1.54) is 70.6 Å². The van der Waals surface area contributed by atoms with Gasteiger partial charge in [0.25, 0.3) is 0 Å². The lowest BCUT2D eigenvalue weighted by atomic mass is 10.1. The smallest absolute Gasteiger partial charge is 0.306 e. The second-order valence-corrected chi connectivity index (χ2v) is 17.8. The summed E-state index contributed by atoms with van der Waals surface area (Å²) in [7, 11) is 0. The third-order valence-corrected chi connectivity index (χ3v) is 11.2. The molecule has 0 aromatic heterocycles. The topological polar surface area (TPSA) is 78.9 Å². The maximum atomic E-state index is 12.8. The summed E-state index contributed by atoms with van der Waals surface area (Å²) in [6, 6.07) is 0. The average Bonchev–Trinajstić information content (AvgIpc) is 3.34. The number of esters is 3. The quantitative estimate of drug-likeness (QED) is 0.0199. The highest BCUT2D eigenvalue weighted by molar-refractivity contribution is 5.71. The van der Waals surface area contributed by atoms with E-state index in [-0.39, 0.29) is 44.0 Å². The summed E-state index contributed by atoms with van der Waals surface area (Å²) in [4.78, 5) is 38.0. The molecule has 1 unspecified atom stereocenters. The number of hydrogen-bond donors (Lipinski definition) is 0. The first-order valence-corrected chi connectivity index (χ1v) is 27.6. The minimum absolute atomic E-state index is 0.124. The Bertz CT molecular complexity index is 1450. The molecule has 0 heterocycles. The van der Waals surface area contributed by atoms with Gasteiger partial charge in [-0.2, -0.15) is 0 Å². The number of unbranched alkanes of at least 4 members (excludes halogenated alkanes) is 19. The zero-order valence-corrected chi connectivity index (χ0v) is 43.8. The first-order valence-electron chi connectivity index (χ1n) is 27.6. The SMILES string of the molecule is CC/C=C\C/C=C\C/C=C\C/C=C\C/C=C\CCCCCC(=O)OCC(COC(=O)CC/C=C\C/C=C\CCCCCCCC)OC(=O)CCCCCCC\C=C/C=C\C=C/CCCCCCC. The highest BCUT2D eigenvalue weighted by atomic mass is 16.6. The van der Waals surface area contributed by atoms with Crippen LogP contribution in [0.5, 0.6) is 0 Å². The average molecular weight is 941 g/mol. The van der Waals surface area contributed by atoms with E-state index in [9.17, 15) is 14.4 Å². The Balaban J connectivity index is 4.56. The van der Waals surface area contributed by atoms with Crippen molar-refractivity contribution >= 4 is 17.9 Å². The molecule has 0 saturated carbocycles. The van der Waals surface area contributed by atoms with Gasteiger partial charge in [0.2, 0.25) is 0 Å². The molecule has 0 spiro atoms.